The zero-order chi connectivity index (χ0) is 28.7. The van der Waals surface area contributed by atoms with Crippen molar-refractivity contribution in [2.24, 2.45) is 24.7 Å². The monoisotopic (exact) mass is 563 g/mol. The molecule has 0 aliphatic heterocycles. The lowest BCUT2D eigenvalue weighted by Crippen LogP contribution is -2.41. The molecule has 2 aliphatic carbocycles. The molecule has 3 unspecified atom stereocenters. The smallest absolute Gasteiger partial charge is 0.274 e. The summed E-state index contributed by atoms with van der Waals surface area (Å²) in [6, 6.07) is 4.05. The quantitative estimate of drug-likeness (QED) is 0.269. The molecule has 11 heteroatoms. The van der Waals surface area contributed by atoms with Gasteiger partial charge in [0.25, 0.3) is 5.91 Å². The van der Waals surface area contributed by atoms with E-state index in [2.05, 4.69) is 10.3 Å². The van der Waals surface area contributed by atoms with Gasteiger partial charge in [-0.1, -0.05) is 11.6 Å². The lowest BCUT2D eigenvalue weighted by atomic mass is 9.89. The molecule has 0 bridgehead atoms. The van der Waals surface area contributed by atoms with Gasteiger partial charge in [-0.3, -0.25) is 4.79 Å². The van der Waals surface area contributed by atoms with Crippen LogP contribution in [-0.4, -0.2) is 61.6 Å². The van der Waals surface area contributed by atoms with Gasteiger partial charge < -0.3 is 29.8 Å². The Bertz CT molecular complexity index is 1230. The summed E-state index contributed by atoms with van der Waals surface area (Å²) in [5.74, 6) is 5.81. The lowest BCUT2D eigenvalue weighted by Gasteiger charge is -2.33. The Morgan fingerprint density at radius 2 is 2.05 bits per heavy atom. The Morgan fingerprint density at radius 1 is 1.41 bits per heavy atom. The number of aliphatic hydroxyl groups is 2. The number of hydrazine groups is 1. The van der Waals surface area contributed by atoms with Crippen molar-refractivity contribution in [1.29, 1.82) is 0 Å². The number of nitrogens with one attached hydrogen (secondary N) is 1. The maximum Gasteiger partial charge on any atom is 0.274 e. The predicted octanol–water partition coefficient (Wildman–Crippen LogP) is 3.97. The van der Waals surface area contributed by atoms with Gasteiger partial charge in [-0.25, -0.2) is 15.2 Å². The van der Waals surface area contributed by atoms with E-state index < -0.39 is 17.0 Å². The highest BCUT2D eigenvalue weighted by atomic mass is 35.5. The topological polar surface area (TPSA) is 126 Å². The summed E-state index contributed by atoms with van der Waals surface area (Å²) in [4.78, 5) is 17.8. The van der Waals surface area contributed by atoms with E-state index in [1.807, 2.05) is 13.0 Å². The SMILES string of the molecule is CC(/C=C(\N(C)N)C1(O)CC2CC(c3ncn(C)c3C(=O)Nc3ccc(F)c(Cl)c3)CC2C1)OCC(C)(C)O. The number of ether oxygens (including phenoxy) is 1. The number of nitrogens with zero attached hydrogens (tertiary/aromatic N) is 3. The number of nitrogens with two attached hydrogens (primary N) is 1. The first kappa shape index (κ1) is 29.5. The molecule has 4 rings (SSSR count). The number of carbonyl (C=O) groups is 1. The standard InChI is InChI=1S/C28H39ClFN5O4/c1-16(39-14-27(2,3)37)8-23(35(5)31)28(38)12-18-9-17(10-19(18)13-28)24-25(34(4)15-32-24)26(36)33-20-6-7-22(30)21(29)11-20/h6-8,11,15-19,37-38H,9-10,12-14,31H2,1-5H3,(H,33,36)/b23-8-. The van der Waals surface area contributed by atoms with Gasteiger partial charge in [-0.2, -0.15) is 0 Å². The molecule has 2 aliphatic rings. The highest BCUT2D eigenvalue weighted by Crippen LogP contribution is 2.55. The van der Waals surface area contributed by atoms with Gasteiger partial charge in [0.1, 0.15) is 17.1 Å². The molecule has 0 radical (unpaired) electrons. The molecule has 9 nitrogen and oxygen atoms in total. The zero-order valence-corrected chi connectivity index (χ0v) is 23.9. The van der Waals surface area contributed by atoms with Gasteiger partial charge in [0.2, 0.25) is 0 Å². The highest BCUT2D eigenvalue weighted by Gasteiger charge is 2.52. The van der Waals surface area contributed by atoms with E-state index >= 15 is 0 Å². The zero-order valence-electron chi connectivity index (χ0n) is 23.1. The average Bonchev–Trinajstić information content (AvgIpc) is 3.48. The molecule has 0 saturated heterocycles. The maximum atomic E-state index is 13.5. The number of imidazole rings is 1. The molecule has 1 heterocycles. The van der Waals surface area contributed by atoms with Gasteiger partial charge in [0, 0.05) is 25.7 Å². The van der Waals surface area contributed by atoms with Crippen molar-refractivity contribution in [3.05, 3.63) is 58.5 Å². The number of likely N-dealkylation sites (N-methyl/N-ethyl adjacent to an activating group) is 1. The summed E-state index contributed by atoms with van der Waals surface area (Å²) in [5.41, 5.74) is 0.130. The summed E-state index contributed by atoms with van der Waals surface area (Å²) in [5, 5.41) is 25.9. The van der Waals surface area contributed by atoms with Crippen LogP contribution in [0.2, 0.25) is 5.02 Å². The van der Waals surface area contributed by atoms with Crippen LogP contribution in [0, 0.1) is 17.7 Å². The molecule has 0 spiro atoms. The largest absolute Gasteiger partial charge is 0.388 e. The Labute approximate surface area is 233 Å². The van der Waals surface area contributed by atoms with Gasteiger partial charge in [-0.15, -0.1) is 0 Å². The van der Waals surface area contributed by atoms with Crippen molar-refractivity contribution in [3.63, 3.8) is 0 Å². The molecular formula is C28H39ClFN5O4. The number of hydrogen-bond donors (Lipinski definition) is 4. The third kappa shape index (κ3) is 6.63. The van der Waals surface area contributed by atoms with Crippen LogP contribution in [0.25, 0.3) is 0 Å². The number of hydrogen-bond acceptors (Lipinski definition) is 7. The van der Waals surface area contributed by atoms with E-state index in [9.17, 15) is 19.4 Å². The van der Waals surface area contributed by atoms with E-state index in [1.54, 1.807) is 38.8 Å². The van der Waals surface area contributed by atoms with E-state index in [0.29, 0.717) is 29.9 Å². The highest BCUT2D eigenvalue weighted by molar-refractivity contribution is 6.31. The van der Waals surface area contributed by atoms with Crippen LogP contribution >= 0.6 is 11.6 Å². The fourth-order valence-electron chi connectivity index (χ4n) is 6.09. The number of benzene rings is 1. The second kappa shape index (κ2) is 11.2. The van der Waals surface area contributed by atoms with Gasteiger partial charge >= 0.3 is 0 Å². The third-order valence-corrected chi connectivity index (χ3v) is 8.02. The first-order chi connectivity index (χ1) is 18.2. The predicted molar refractivity (Wildman–Crippen MR) is 147 cm³/mol. The van der Waals surface area contributed by atoms with Crippen LogP contribution in [0.1, 0.15) is 68.6 Å². The van der Waals surface area contributed by atoms with Crippen LogP contribution in [0.15, 0.2) is 36.3 Å². The number of carbonyl (C=O) groups excluding carboxylic acids is 1. The minimum absolute atomic E-state index is 0.0659. The van der Waals surface area contributed by atoms with E-state index in [1.165, 1.54) is 23.2 Å². The number of aromatic nitrogens is 2. The number of aryl methyl sites for hydroxylation is 1. The van der Waals surface area contributed by atoms with Crippen LogP contribution in [0.3, 0.4) is 0 Å². The van der Waals surface area contributed by atoms with Crippen LogP contribution in [-0.2, 0) is 11.8 Å². The summed E-state index contributed by atoms with van der Waals surface area (Å²) >= 11 is 5.87. The van der Waals surface area contributed by atoms with Crippen LogP contribution in [0.4, 0.5) is 10.1 Å². The van der Waals surface area contributed by atoms with Crippen LogP contribution in [0.5, 0.6) is 0 Å². The van der Waals surface area contributed by atoms with E-state index in [0.717, 1.165) is 18.5 Å². The summed E-state index contributed by atoms with van der Waals surface area (Å²) in [7, 11) is 3.48. The van der Waals surface area contributed by atoms with E-state index in [4.69, 9.17) is 22.2 Å². The molecule has 2 aromatic rings. The number of anilines is 1. The first-order valence-corrected chi connectivity index (χ1v) is 13.6. The van der Waals surface area contributed by atoms with Crippen molar-refractivity contribution in [2.45, 2.75) is 69.7 Å². The molecule has 5 N–H and O–H groups in total. The fraction of sp³-hybridized carbons (Fsp3) is 0.571. The molecule has 2 fully saturated rings. The van der Waals surface area contributed by atoms with Crippen molar-refractivity contribution in [2.75, 3.05) is 19.0 Å². The van der Waals surface area contributed by atoms with Gasteiger partial charge in [0.15, 0.2) is 0 Å². The second-order valence-corrected chi connectivity index (χ2v) is 12.2. The summed E-state index contributed by atoms with van der Waals surface area (Å²) in [6.45, 7) is 5.37. The van der Waals surface area contributed by atoms with Gasteiger partial charge in [-0.05, 0) is 82.6 Å². The Morgan fingerprint density at radius 3 is 2.62 bits per heavy atom. The Kier molecular flexibility index (Phi) is 8.45. The minimum atomic E-state index is -1.09. The lowest BCUT2D eigenvalue weighted by molar-refractivity contribution is -0.0367. The van der Waals surface area contributed by atoms with Crippen molar-refractivity contribution in [1.82, 2.24) is 14.6 Å². The molecule has 1 aromatic heterocycles. The summed E-state index contributed by atoms with van der Waals surface area (Å²) < 4.78 is 21.0. The number of fused-ring (bicyclic) bond motifs is 1. The Balaban J connectivity index is 1.46. The number of amides is 1. The maximum absolute atomic E-state index is 13.5. The third-order valence-electron chi connectivity index (χ3n) is 7.73. The number of rotatable bonds is 9. The molecule has 39 heavy (non-hydrogen) atoms. The number of halogens is 2. The average molecular weight is 564 g/mol. The molecule has 214 valence electrons. The molecule has 1 aromatic carbocycles. The Hall–Kier alpha value is -2.50. The normalized spacial score (nSPS) is 26.0. The fourth-order valence-corrected chi connectivity index (χ4v) is 6.27. The second-order valence-electron chi connectivity index (χ2n) is 11.8. The minimum Gasteiger partial charge on any atom is -0.388 e. The summed E-state index contributed by atoms with van der Waals surface area (Å²) in [6.07, 6.45) is 5.78. The van der Waals surface area contributed by atoms with Crippen LogP contribution < -0.4 is 11.2 Å². The molecular weight excluding hydrogens is 525 g/mol. The van der Waals surface area contributed by atoms with Crippen molar-refractivity contribution in [3.8, 4) is 0 Å². The molecule has 1 amide bonds. The van der Waals surface area contributed by atoms with E-state index in [-0.39, 0.29) is 41.4 Å². The molecule has 2 saturated carbocycles. The first-order valence-electron chi connectivity index (χ1n) is 13.2. The van der Waals surface area contributed by atoms with Crippen molar-refractivity contribution < 1.29 is 24.1 Å². The van der Waals surface area contributed by atoms with Crippen molar-refractivity contribution >= 4 is 23.2 Å². The molecule has 3 atom stereocenters. The van der Waals surface area contributed by atoms with Gasteiger partial charge in [0.05, 0.1) is 41.1 Å².